The lowest BCUT2D eigenvalue weighted by Gasteiger charge is -1.98. The molecule has 0 aliphatic heterocycles. The Labute approximate surface area is 142 Å². The summed E-state index contributed by atoms with van der Waals surface area (Å²) in [5.74, 6) is 0.0401. The van der Waals surface area contributed by atoms with Gasteiger partial charge in [0.2, 0.25) is 0 Å². The normalized spacial score (nSPS) is 11.2. The van der Waals surface area contributed by atoms with Crippen LogP contribution in [0.3, 0.4) is 0 Å². The van der Waals surface area contributed by atoms with Gasteiger partial charge in [0.15, 0.2) is 5.16 Å². The minimum Gasteiger partial charge on any atom is -0.333 e. The zero-order valence-electron chi connectivity index (χ0n) is 12.0. The highest BCUT2D eigenvalue weighted by molar-refractivity contribution is 7.99. The molecule has 3 rings (SSSR count). The molecule has 0 unspecified atom stereocenters. The summed E-state index contributed by atoms with van der Waals surface area (Å²) in [5, 5.41) is 5.29. The molecular weight excluding hydrogens is 332 g/mol. The number of amides is 1. The van der Waals surface area contributed by atoms with Crippen molar-refractivity contribution in [2.45, 2.75) is 5.16 Å². The maximum absolute atomic E-state index is 11.8. The lowest BCUT2D eigenvalue weighted by Crippen LogP contribution is -2.19. The fourth-order valence-corrected chi connectivity index (χ4v) is 2.69. The third-order valence-corrected chi connectivity index (χ3v) is 4.11. The number of para-hydroxylation sites is 2. The third-order valence-electron chi connectivity index (χ3n) is 2.98. The van der Waals surface area contributed by atoms with Crippen molar-refractivity contribution in [3.05, 3.63) is 59.1 Å². The van der Waals surface area contributed by atoms with E-state index in [4.69, 9.17) is 11.6 Å². The van der Waals surface area contributed by atoms with Crippen LogP contribution in [-0.4, -0.2) is 27.8 Å². The molecule has 7 heteroatoms. The predicted octanol–water partition coefficient (Wildman–Crippen LogP) is 3.46. The maximum atomic E-state index is 11.8. The summed E-state index contributed by atoms with van der Waals surface area (Å²) >= 11 is 7.13. The van der Waals surface area contributed by atoms with Crippen LogP contribution in [0.1, 0.15) is 5.56 Å². The number of nitrogens with one attached hydrogen (secondary N) is 2. The summed E-state index contributed by atoms with van der Waals surface area (Å²) in [7, 11) is 0. The van der Waals surface area contributed by atoms with Gasteiger partial charge >= 0.3 is 0 Å². The molecule has 2 N–H and O–H groups in total. The minimum atomic E-state index is -0.194. The van der Waals surface area contributed by atoms with Crippen molar-refractivity contribution < 1.29 is 4.79 Å². The number of fused-ring (bicyclic) bond motifs is 1. The highest BCUT2D eigenvalue weighted by Gasteiger charge is 2.06. The number of nitrogens with zero attached hydrogens (tertiary/aromatic N) is 2. The molecule has 2 aromatic carbocycles. The van der Waals surface area contributed by atoms with Gasteiger partial charge in [0.05, 0.1) is 23.0 Å². The summed E-state index contributed by atoms with van der Waals surface area (Å²) in [6.07, 6.45) is 1.57. The number of halogens is 1. The molecule has 3 aromatic rings. The second-order valence-electron chi connectivity index (χ2n) is 4.69. The van der Waals surface area contributed by atoms with Gasteiger partial charge in [0.25, 0.3) is 5.91 Å². The number of rotatable bonds is 5. The predicted molar refractivity (Wildman–Crippen MR) is 94.0 cm³/mol. The van der Waals surface area contributed by atoms with E-state index in [2.05, 4.69) is 20.5 Å². The largest absolute Gasteiger partial charge is 0.333 e. The topological polar surface area (TPSA) is 70.1 Å². The minimum absolute atomic E-state index is 0.194. The molecule has 1 amide bonds. The number of aromatic nitrogens is 2. The lowest BCUT2D eigenvalue weighted by atomic mass is 10.2. The molecule has 0 spiro atoms. The molecule has 23 heavy (non-hydrogen) atoms. The first kappa shape index (κ1) is 15.6. The Balaban J connectivity index is 1.50. The Morgan fingerprint density at radius 3 is 2.83 bits per heavy atom. The van der Waals surface area contributed by atoms with Gasteiger partial charge < -0.3 is 4.98 Å². The summed E-state index contributed by atoms with van der Waals surface area (Å²) in [6.45, 7) is 0. The number of H-pyrrole nitrogens is 1. The number of imidazole rings is 1. The number of carbonyl (C=O) groups is 1. The zero-order valence-corrected chi connectivity index (χ0v) is 13.6. The Bertz CT molecular complexity index is 812. The van der Waals surface area contributed by atoms with Crippen molar-refractivity contribution in [2.75, 3.05) is 5.75 Å². The Kier molecular flexibility index (Phi) is 4.95. The van der Waals surface area contributed by atoms with Crippen molar-refractivity contribution in [1.82, 2.24) is 15.4 Å². The molecule has 0 radical (unpaired) electrons. The van der Waals surface area contributed by atoms with Crippen LogP contribution in [0, 0.1) is 0 Å². The number of thioether (sulfide) groups is 1. The standard InChI is InChI=1S/C16H13ClN4OS/c17-12-7-5-11(6-8-12)9-18-21-15(22)10-23-16-19-13-3-1-2-4-14(13)20-16/h1-9H,10H2,(H,19,20)(H,21,22). The highest BCUT2D eigenvalue weighted by Crippen LogP contribution is 2.18. The van der Waals surface area contributed by atoms with Crippen molar-refractivity contribution in [3.63, 3.8) is 0 Å². The van der Waals surface area contributed by atoms with E-state index < -0.39 is 0 Å². The molecular formula is C16H13ClN4OS. The van der Waals surface area contributed by atoms with Crippen molar-refractivity contribution in [3.8, 4) is 0 Å². The Hall–Kier alpha value is -2.31. The fraction of sp³-hybridized carbons (Fsp3) is 0.0625. The molecule has 1 heterocycles. The van der Waals surface area contributed by atoms with E-state index in [0.29, 0.717) is 10.2 Å². The number of hydrogen-bond acceptors (Lipinski definition) is 4. The number of hydrogen-bond donors (Lipinski definition) is 2. The molecule has 0 aliphatic rings. The van der Waals surface area contributed by atoms with Gasteiger partial charge in [-0.05, 0) is 29.8 Å². The Morgan fingerprint density at radius 1 is 1.26 bits per heavy atom. The van der Waals surface area contributed by atoms with Gasteiger partial charge in [-0.15, -0.1) is 0 Å². The smallest absolute Gasteiger partial charge is 0.250 e. The molecule has 116 valence electrons. The monoisotopic (exact) mass is 344 g/mol. The first-order chi connectivity index (χ1) is 11.2. The zero-order chi connectivity index (χ0) is 16.1. The molecule has 5 nitrogen and oxygen atoms in total. The number of benzene rings is 2. The molecule has 0 aliphatic carbocycles. The fourth-order valence-electron chi connectivity index (χ4n) is 1.89. The molecule has 0 bridgehead atoms. The van der Waals surface area contributed by atoms with E-state index in [1.807, 2.05) is 36.4 Å². The van der Waals surface area contributed by atoms with Crippen LogP contribution in [0.4, 0.5) is 0 Å². The number of aromatic amines is 1. The average Bonchev–Trinajstić information content (AvgIpc) is 2.98. The van der Waals surface area contributed by atoms with E-state index in [9.17, 15) is 4.79 Å². The first-order valence-electron chi connectivity index (χ1n) is 6.86. The van der Waals surface area contributed by atoms with Gasteiger partial charge in [-0.3, -0.25) is 4.79 Å². The average molecular weight is 345 g/mol. The SMILES string of the molecule is O=C(CSc1nc2ccccc2[nH]1)NN=Cc1ccc(Cl)cc1. The van der Waals surface area contributed by atoms with Crippen molar-refractivity contribution in [2.24, 2.45) is 5.10 Å². The van der Waals surface area contributed by atoms with Crippen LogP contribution in [0.5, 0.6) is 0 Å². The molecule has 1 aromatic heterocycles. The summed E-state index contributed by atoms with van der Waals surface area (Å²) < 4.78 is 0. The van der Waals surface area contributed by atoms with Crippen LogP contribution in [-0.2, 0) is 4.79 Å². The van der Waals surface area contributed by atoms with Gasteiger partial charge in [0.1, 0.15) is 0 Å². The van der Waals surface area contributed by atoms with Gasteiger partial charge in [-0.25, -0.2) is 10.4 Å². The van der Waals surface area contributed by atoms with E-state index in [1.165, 1.54) is 11.8 Å². The van der Waals surface area contributed by atoms with E-state index >= 15 is 0 Å². The first-order valence-corrected chi connectivity index (χ1v) is 8.22. The van der Waals surface area contributed by atoms with E-state index in [-0.39, 0.29) is 11.7 Å². The van der Waals surface area contributed by atoms with E-state index in [1.54, 1.807) is 18.3 Å². The maximum Gasteiger partial charge on any atom is 0.250 e. The van der Waals surface area contributed by atoms with Crippen molar-refractivity contribution in [1.29, 1.82) is 0 Å². The van der Waals surface area contributed by atoms with Crippen molar-refractivity contribution >= 4 is 46.5 Å². The summed E-state index contributed by atoms with van der Waals surface area (Å²) in [6, 6.07) is 14.9. The lowest BCUT2D eigenvalue weighted by molar-refractivity contribution is -0.118. The van der Waals surface area contributed by atoms with E-state index in [0.717, 1.165) is 16.6 Å². The van der Waals surface area contributed by atoms with Crippen LogP contribution in [0.15, 0.2) is 58.8 Å². The van der Waals surface area contributed by atoms with Gasteiger partial charge in [-0.1, -0.05) is 47.6 Å². The molecule has 0 atom stereocenters. The second kappa shape index (κ2) is 7.30. The third kappa shape index (κ3) is 4.34. The molecule has 0 fully saturated rings. The molecule has 0 saturated heterocycles. The summed E-state index contributed by atoms with van der Waals surface area (Å²) in [5.41, 5.74) is 5.19. The molecule has 0 saturated carbocycles. The Morgan fingerprint density at radius 2 is 2.04 bits per heavy atom. The van der Waals surface area contributed by atoms with Gasteiger partial charge in [0, 0.05) is 5.02 Å². The quantitative estimate of drug-likeness (QED) is 0.423. The second-order valence-corrected chi connectivity index (χ2v) is 6.09. The van der Waals surface area contributed by atoms with Crippen LogP contribution in [0.2, 0.25) is 5.02 Å². The summed E-state index contributed by atoms with van der Waals surface area (Å²) in [4.78, 5) is 19.3. The van der Waals surface area contributed by atoms with Gasteiger partial charge in [-0.2, -0.15) is 5.10 Å². The van der Waals surface area contributed by atoms with Crippen LogP contribution < -0.4 is 5.43 Å². The number of carbonyl (C=O) groups excluding carboxylic acids is 1. The van der Waals surface area contributed by atoms with Crippen LogP contribution >= 0.6 is 23.4 Å². The highest BCUT2D eigenvalue weighted by atomic mass is 35.5. The number of hydrazone groups is 1. The van der Waals surface area contributed by atoms with Crippen LogP contribution in [0.25, 0.3) is 11.0 Å².